The highest BCUT2D eigenvalue weighted by Gasteiger charge is 2.16. The molecule has 1 aliphatic rings. The lowest BCUT2D eigenvalue weighted by molar-refractivity contribution is 0.226. The van der Waals surface area contributed by atoms with E-state index in [1.165, 1.54) is 6.20 Å². The van der Waals surface area contributed by atoms with E-state index in [1.807, 2.05) is 6.07 Å². The number of pyridine rings is 2. The molecule has 1 aliphatic heterocycles. The third-order valence-electron chi connectivity index (χ3n) is 4.21. The number of nitrogens with two attached hydrogens (primary N) is 1. The van der Waals surface area contributed by atoms with Crippen molar-refractivity contribution in [2.45, 2.75) is 19.0 Å². The van der Waals surface area contributed by atoms with Gasteiger partial charge in [0.25, 0.3) is 0 Å². The van der Waals surface area contributed by atoms with Gasteiger partial charge in [0, 0.05) is 36.3 Å². The lowest BCUT2D eigenvalue weighted by Crippen LogP contribution is -2.29. The Kier molecular flexibility index (Phi) is 5.94. The largest absolute Gasteiger partial charge is 0.404 e. The molecule has 1 saturated heterocycles. The van der Waals surface area contributed by atoms with Crippen LogP contribution in [-0.4, -0.2) is 53.4 Å². The molecule has 7 heteroatoms. The molecule has 0 radical (unpaired) electrons. The number of alkyl halides is 1. The predicted molar refractivity (Wildman–Crippen MR) is 101 cm³/mol. The normalized spacial score (nSPS) is 17.6. The van der Waals surface area contributed by atoms with Crippen LogP contribution in [0.5, 0.6) is 0 Å². The number of halogens is 2. The zero-order valence-corrected chi connectivity index (χ0v) is 14.7. The number of hydrogen-bond acceptors (Lipinski definition) is 5. The zero-order valence-electron chi connectivity index (χ0n) is 13.9. The predicted octanol–water partition coefficient (Wildman–Crippen LogP) is 3.09. The second kappa shape index (κ2) is 8.36. The van der Waals surface area contributed by atoms with Crippen molar-refractivity contribution in [1.82, 2.24) is 14.9 Å². The number of rotatable bonds is 6. The summed E-state index contributed by atoms with van der Waals surface area (Å²) in [6.45, 7) is 2.53. The lowest BCUT2D eigenvalue weighted by atomic mass is 10.1. The molecule has 0 aliphatic carbocycles. The van der Waals surface area contributed by atoms with Crippen LogP contribution in [0.25, 0.3) is 16.6 Å². The summed E-state index contributed by atoms with van der Waals surface area (Å²) < 4.78 is 14.0. The first-order chi connectivity index (χ1) is 12.2. The molecule has 25 heavy (non-hydrogen) atoms. The molecule has 0 bridgehead atoms. The maximum Gasteiger partial charge on any atom is 0.132 e. The van der Waals surface area contributed by atoms with Crippen LogP contribution in [0.2, 0.25) is 5.15 Å². The third-order valence-corrected chi connectivity index (χ3v) is 4.42. The van der Waals surface area contributed by atoms with E-state index in [4.69, 9.17) is 17.3 Å². The molecule has 5 nitrogen and oxygen atoms in total. The van der Waals surface area contributed by atoms with E-state index < -0.39 is 6.17 Å². The van der Waals surface area contributed by atoms with E-state index in [1.54, 1.807) is 24.5 Å². The molecule has 0 saturated carbocycles. The van der Waals surface area contributed by atoms with Crippen molar-refractivity contribution in [2.75, 3.05) is 26.2 Å². The molecule has 0 amide bonds. The minimum atomic E-state index is -0.969. The number of fused-ring (bicyclic) bond motifs is 1. The van der Waals surface area contributed by atoms with Crippen molar-refractivity contribution in [3.8, 4) is 0 Å². The van der Waals surface area contributed by atoms with Gasteiger partial charge in [0.05, 0.1) is 17.6 Å². The summed E-state index contributed by atoms with van der Waals surface area (Å²) in [5, 5.41) is 0.403. The Balaban J connectivity index is 1.65. The molecule has 2 aromatic heterocycles. The van der Waals surface area contributed by atoms with Gasteiger partial charge in [-0.05, 0) is 44.1 Å². The van der Waals surface area contributed by atoms with Gasteiger partial charge in [-0.3, -0.25) is 9.98 Å². The number of hydrogen-bond donors (Lipinski definition) is 1. The van der Waals surface area contributed by atoms with Gasteiger partial charge in [-0.2, -0.15) is 0 Å². The Morgan fingerprint density at radius 2 is 2.16 bits per heavy atom. The van der Waals surface area contributed by atoms with Crippen LogP contribution in [0.4, 0.5) is 4.39 Å². The first-order valence-corrected chi connectivity index (χ1v) is 8.74. The molecular weight excluding hydrogens is 341 g/mol. The Hall–Kier alpha value is -2.05. The van der Waals surface area contributed by atoms with Crippen LogP contribution in [0.1, 0.15) is 18.4 Å². The molecule has 1 fully saturated rings. The minimum Gasteiger partial charge on any atom is -0.404 e. The standard InChI is InChI=1S/C18H21ClFN5/c19-18-4-3-16-17(24-18)7-13(10-23-16)14(8-21)9-22-11-15(20)12-25-5-1-2-6-25/h3-4,7-10,15H,1-2,5-6,11-12,21H2. The molecule has 1 unspecified atom stereocenters. The average Bonchev–Trinajstić information content (AvgIpc) is 3.11. The van der Waals surface area contributed by atoms with Crippen LogP contribution in [0.15, 0.2) is 35.6 Å². The van der Waals surface area contributed by atoms with Crippen LogP contribution >= 0.6 is 11.6 Å². The summed E-state index contributed by atoms with van der Waals surface area (Å²) in [7, 11) is 0. The highest BCUT2D eigenvalue weighted by atomic mass is 35.5. The summed E-state index contributed by atoms with van der Waals surface area (Å²) >= 11 is 5.92. The van der Waals surface area contributed by atoms with E-state index in [9.17, 15) is 4.39 Å². The topological polar surface area (TPSA) is 67.4 Å². The maximum absolute atomic E-state index is 14.0. The van der Waals surface area contributed by atoms with Gasteiger partial charge in [0.1, 0.15) is 11.3 Å². The Morgan fingerprint density at radius 1 is 1.36 bits per heavy atom. The highest BCUT2D eigenvalue weighted by molar-refractivity contribution is 6.29. The first-order valence-electron chi connectivity index (χ1n) is 8.36. The quantitative estimate of drug-likeness (QED) is 0.634. The van der Waals surface area contributed by atoms with Crippen LogP contribution in [-0.2, 0) is 0 Å². The summed E-state index contributed by atoms with van der Waals surface area (Å²) in [4.78, 5) is 14.9. The second-order valence-electron chi connectivity index (χ2n) is 6.12. The van der Waals surface area contributed by atoms with Crippen LogP contribution in [0, 0.1) is 0 Å². The van der Waals surface area contributed by atoms with Gasteiger partial charge in [-0.25, -0.2) is 9.37 Å². The van der Waals surface area contributed by atoms with Crippen molar-refractivity contribution in [3.63, 3.8) is 0 Å². The number of nitrogens with zero attached hydrogens (tertiary/aromatic N) is 4. The zero-order chi connectivity index (χ0) is 17.6. The van der Waals surface area contributed by atoms with Gasteiger partial charge in [0.2, 0.25) is 0 Å². The van der Waals surface area contributed by atoms with E-state index >= 15 is 0 Å². The molecular formula is C18H21ClFN5. The molecule has 3 heterocycles. The van der Waals surface area contributed by atoms with Gasteiger partial charge < -0.3 is 10.6 Å². The maximum atomic E-state index is 14.0. The Bertz CT molecular complexity index is 786. The van der Waals surface area contributed by atoms with Crippen molar-refractivity contribution in [2.24, 2.45) is 10.7 Å². The number of aromatic nitrogens is 2. The number of allylic oxidation sites excluding steroid dienone is 1. The minimum absolute atomic E-state index is 0.124. The molecule has 0 aromatic carbocycles. The molecule has 3 rings (SSSR count). The molecule has 1 atom stereocenters. The number of aliphatic imine (C=N–C) groups is 1. The molecule has 0 spiro atoms. The van der Waals surface area contributed by atoms with Crippen molar-refractivity contribution in [1.29, 1.82) is 0 Å². The van der Waals surface area contributed by atoms with Gasteiger partial charge >= 0.3 is 0 Å². The fourth-order valence-corrected chi connectivity index (χ4v) is 3.08. The summed E-state index contributed by atoms with van der Waals surface area (Å²) in [5.74, 6) is 0. The molecule has 132 valence electrons. The van der Waals surface area contributed by atoms with E-state index in [-0.39, 0.29) is 6.54 Å². The smallest absolute Gasteiger partial charge is 0.132 e. The summed E-state index contributed by atoms with van der Waals surface area (Å²) in [6.07, 6.45) is 6.06. The third kappa shape index (κ3) is 4.74. The second-order valence-corrected chi connectivity index (χ2v) is 6.50. The fraction of sp³-hybridized carbons (Fsp3) is 0.389. The monoisotopic (exact) mass is 361 g/mol. The molecule has 2 N–H and O–H groups in total. The van der Waals surface area contributed by atoms with Gasteiger partial charge in [-0.15, -0.1) is 0 Å². The van der Waals surface area contributed by atoms with Gasteiger partial charge in [-0.1, -0.05) is 11.6 Å². The van der Waals surface area contributed by atoms with Crippen molar-refractivity contribution >= 4 is 34.4 Å². The first kappa shape index (κ1) is 17.8. The van der Waals surface area contributed by atoms with Crippen molar-refractivity contribution in [3.05, 3.63) is 41.3 Å². The highest BCUT2D eigenvalue weighted by Crippen LogP contribution is 2.18. The Morgan fingerprint density at radius 3 is 2.92 bits per heavy atom. The van der Waals surface area contributed by atoms with E-state index in [2.05, 4.69) is 19.9 Å². The fourth-order valence-electron chi connectivity index (χ4n) is 2.92. The van der Waals surface area contributed by atoms with Crippen LogP contribution in [0.3, 0.4) is 0 Å². The lowest BCUT2D eigenvalue weighted by Gasteiger charge is -2.16. The van der Waals surface area contributed by atoms with Gasteiger partial charge in [0.15, 0.2) is 0 Å². The summed E-state index contributed by atoms with van der Waals surface area (Å²) in [5.41, 5.74) is 8.56. The Labute approximate surface area is 151 Å². The molecule has 2 aromatic rings. The average molecular weight is 362 g/mol. The SMILES string of the molecule is NC=C(C=NCC(F)CN1CCCC1)c1cnc2ccc(Cl)nc2c1. The van der Waals surface area contributed by atoms with E-state index in [0.29, 0.717) is 22.8 Å². The van der Waals surface area contributed by atoms with E-state index in [0.717, 1.165) is 37.0 Å². The number of likely N-dealkylation sites (tertiary alicyclic amines) is 1. The van der Waals surface area contributed by atoms with Crippen molar-refractivity contribution < 1.29 is 4.39 Å². The van der Waals surface area contributed by atoms with Crippen LogP contribution < -0.4 is 5.73 Å². The summed E-state index contributed by atoms with van der Waals surface area (Å²) in [6, 6.07) is 5.34.